The SMILES string of the molecule is C=C1CC(C(=O)C2C3[Si]C3[C@@]23Cc2nc(cs2)-c2ccc4c(c2)c(c(-c2cccnc2[C@@H](OC)C2CS2)n4CC)CC(C)(C)COC(=O)[C@@H]2CCCN(C3=O)N2S)C1. The van der Waals surface area contributed by atoms with Gasteiger partial charge in [0.1, 0.15) is 17.9 Å². The Morgan fingerprint density at radius 2 is 2.02 bits per heavy atom. The molecule has 6 aliphatic rings. The number of aromatic nitrogens is 3. The second-order valence-corrected chi connectivity index (χ2v) is 22.1. The summed E-state index contributed by atoms with van der Waals surface area (Å²) in [5.41, 5.74) is 7.34. The topological polar surface area (TPSA) is 107 Å². The van der Waals surface area contributed by atoms with E-state index in [0.29, 0.717) is 59.8 Å². The normalized spacial score (nSPS) is 30.0. The quantitative estimate of drug-likeness (QED) is 0.0656. The van der Waals surface area contributed by atoms with Crippen molar-refractivity contribution in [2.45, 2.75) is 94.3 Å². The highest BCUT2D eigenvalue weighted by molar-refractivity contribution is 8.06. The van der Waals surface area contributed by atoms with Gasteiger partial charge in [0.25, 0.3) is 0 Å². The lowest BCUT2D eigenvalue weighted by molar-refractivity contribution is -0.176. The summed E-state index contributed by atoms with van der Waals surface area (Å²) < 4.78 is 16.3. The summed E-state index contributed by atoms with van der Waals surface area (Å²) in [5.74, 6) is 0.303. The molecule has 6 bridgehead atoms. The highest BCUT2D eigenvalue weighted by atomic mass is 32.2. The Bertz CT molecular complexity index is 2370. The summed E-state index contributed by atoms with van der Waals surface area (Å²) in [5, 5.41) is 6.10. The predicted molar refractivity (Wildman–Crippen MR) is 232 cm³/mol. The second-order valence-electron chi connectivity index (χ2n) is 17.9. The summed E-state index contributed by atoms with van der Waals surface area (Å²) in [6.45, 7) is 11.9. The number of ketones is 1. The average molecular weight is 852 g/mol. The lowest BCUT2D eigenvalue weighted by Crippen LogP contribution is -2.63. The van der Waals surface area contributed by atoms with Gasteiger partial charge in [-0.25, -0.2) is 4.98 Å². The van der Waals surface area contributed by atoms with Crippen molar-refractivity contribution < 1.29 is 23.9 Å². The first-order valence-corrected chi connectivity index (χ1v) is 24.0. The number of thiol groups is 1. The third-order valence-corrected chi connectivity index (χ3v) is 17.7. The number of cyclic esters (lactones) is 1. The first-order chi connectivity index (χ1) is 27.9. The van der Waals surface area contributed by atoms with E-state index in [-0.39, 0.29) is 47.3 Å². The molecule has 0 N–H and O–H groups in total. The molecule has 2 radical (unpaired) electrons. The molecule has 1 aromatic carbocycles. The molecule has 4 aromatic rings. The Labute approximate surface area is 355 Å². The number of amides is 1. The molecule has 2 saturated carbocycles. The van der Waals surface area contributed by atoms with Crippen LogP contribution in [0.4, 0.5) is 0 Å². The number of thiazole rings is 1. The molecule has 302 valence electrons. The zero-order valence-corrected chi connectivity index (χ0v) is 36.9. The molecule has 10 nitrogen and oxygen atoms in total. The summed E-state index contributed by atoms with van der Waals surface area (Å²) in [6, 6.07) is 10.1. The third kappa shape index (κ3) is 6.21. The van der Waals surface area contributed by atoms with Crippen LogP contribution >= 0.6 is 35.9 Å². The van der Waals surface area contributed by atoms with E-state index in [1.165, 1.54) is 9.98 Å². The zero-order chi connectivity index (χ0) is 40.2. The van der Waals surface area contributed by atoms with Crippen LogP contribution in [0.25, 0.3) is 33.4 Å². The molecule has 5 fully saturated rings. The van der Waals surface area contributed by atoms with Gasteiger partial charge in [0.15, 0.2) is 0 Å². The lowest BCUT2D eigenvalue weighted by Gasteiger charge is -2.52. The fourth-order valence-corrected chi connectivity index (χ4v) is 14.6. The highest BCUT2D eigenvalue weighted by Crippen LogP contribution is 2.77. The van der Waals surface area contributed by atoms with Crippen LogP contribution in [-0.2, 0) is 43.2 Å². The number of carbonyl (C=O) groups is 3. The van der Waals surface area contributed by atoms with Gasteiger partial charge in [0, 0.05) is 98.0 Å². The van der Waals surface area contributed by atoms with E-state index >= 15 is 4.79 Å². The van der Waals surface area contributed by atoms with Crippen LogP contribution in [0.1, 0.15) is 68.8 Å². The van der Waals surface area contributed by atoms with E-state index in [4.69, 9.17) is 32.3 Å². The van der Waals surface area contributed by atoms with Crippen LogP contribution < -0.4 is 0 Å². The average Bonchev–Trinajstić information content (AvgIpc) is 4.10. The number of allylic oxidation sites excluding steroid dienone is 1. The predicted octanol–water partition coefficient (Wildman–Crippen LogP) is 7.82. The molecule has 2 aliphatic carbocycles. The largest absolute Gasteiger partial charge is 0.464 e. The van der Waals surface area contributed by atoms with Crippen molar-refractivity contribution >= 4 is 74.0 Å². The number of pyridine rings is 1. The van der Waals surface area contributed by atoms with Crippen molar-refractivity contribution in [3.05, 3.63) is 70.3 Å². The molecule has 1 spiro atoms. The van der Waals surface area contributed by atoms with Gasteiger partial charge in [-0.05, 0) is 79.9 Å². The van der Waals surface area contributed by atoms with E-state index in [9.17, 15) is 9.59 Å². The van der Waals surface area contributed by atoms with E-state index in [1.807, 2.05) is 24.0 Å². The molecule has 10 rings (SSSR count). The minimum Gasteiger partial charge on any atom is -0.464 e. The molecule has 7 heterocycles. The van der Waals surface area contributed by atoms with Gasteiger partial charge in [-0.2, -0.15) is 16.2 Å². The van der Waals surface area contributed by atoms with Crippen molar-refractivity contribution in [1.82, 2.24) is 24.0 Å². The van der Waals surface area contributed by atoms with Crippen LogP contribution in [0, 0.1) is 22.7 Å². The fraction of sp³-hybridized carbons (Fsp3) is 0.523. The molecule has 4 unspecified atom stereocenters. The first kappa shape index (κ1) is 38.9. The maximum atomic E-state index is 15.2. The van der Waals surface area contributed by atoms with Crippen LogP contribution in [-0.4, -0.2) is 88.4 Å². The Balaban J connectivity index is 1.12. The monoisotopic (exact) mass is 851 g/mol. The molecular formula is C44H49N5O5S3Si. The molecule has 3 saturated heterocycles. The van der Waals surface area contributed by atoms with Gasteiger partial charge in [-0.15, -0.1) is 11.3 Å². The number of carbonyl (C=O) groups excluding carboxylic acids is 3. The first-order valence-electron chi connectivity index (χ1n) is 20.6. The molecule has 1 amide bonds. The number of esters is 1. The van der Waals surface area contributed by atoms with Gasteiger partial charge >= 0.3 is 5.97 Å². The van der Waals surface area contributed by atoms with Crippen molar-refractivity contribution in [3.63, 3.8) is 0 Å². The van der Waals surface area contributed by atoms with Crippen LogP contribution in [0.15, 0.2) is 54.1 Å². The number of fused-ring (bicyclic) bond motifs is 8. The number of thioether (sulfide) groups is 1. The van der Waals surface area contributed by atoms with Crippen LogP contribution in [0.3, 0.4) is 0 Å². The maximum absolute atomic E-state index is 15.2. The molecule has 58 heavy (non-hydrogen) atoms. The van der Waals surface area contributed by atoms with Crippen LogP contribution in [0.5, 0.6) is 0 Å². The fourth-order valence-electron chi connectivity index (χ4n) is 10.4. The number of ether oxygens (including phenoxy) is 2. The van der Waals surface area contributed by atoms with Gasteiger partial charge in [-0.3, -0.25) is 24.4 Å². The number of methoxy groups -OCH3 is 1. The van der Waals surface area contributed by atoms with Crippen molar-refractivity contribution in [2.24, 2.45) is 22.7 Å². The Hall–Kier alpha value is -3.27. The summed E-state index contributed by atoms with van der Waals surface area (Å²) in [4.78, 5) is 53.8. The minimum absolute atomic E-state index is 0.0788. The number of rotatable bonds is 7. The molecular weight excluding hydrogens is 803 g/mol. The second kappa shape index (κ2) is 14.4. The molecule has 14 heteroatoms. The third-order valence-electron chi connectivity index (χ3n) is 13.5. The molecule has 3 aromatic heterocycles. The van der Waals surface area contributed by atoms with Gasteiger partial charge < -0.3 is 14.0 Å². The van der Waals surface area contributed by atoms with Gasteiger partial charge in [0.2, 0.25) is 5.91 Å². The smallest absolute Gasteiger partial charge is 0.326 e. The van der Waals surface area contributed by atoms with E-state index < -0.39 is 22.8 Å². The minimum atomic E-state index is -0.919. The number of hydrazine groups is 1. The highest BCUT2D eigenvalue weighted by Gasteiger charge is 2.77. The number of hydrogen-bond acceptors (Lipinski definition) is 11. The van der Waals surface area contributed by atoms with E-state index in [1.54, 1.807) is 23.5 Å². The molecule has 7 atom stereocenters. The number of Topliss-reactive ketones (excluding diaryl/α,β-unsaturated/α-hetero) is 1. The summed E-state index contributed by atoms with van der Waals surface area (Å²) >= 11 is 8.34. The van der Waals surface area contributed by atoms with Gasteiger partial charge in [0.05, 0.1) is 34.1 Å². The maximum Gasteiger partial charge on any atom is 0.326 e. The van der Waals surface area contributed by atoms with Crippen LogP contribution in [0.2, 0.25) is 11.1 Å². The zero-order valence-electron chi connectivity index (χ0n) is 33.4. The summed E-state index contributed by atoms with van der Waals surface area (Å²) in [7, 11) is 2.33. The van der Waals surface area contributed by atoms with Gasteiger partial charge in [-0.1, -0.05) is 44.9 Å². The number of benzene rings is 1. The van der Waals surface area contributed by atoms with Crippen molar-refractivity contribution in [2.75, 3.05) is 26.0 Å². The summed E-state index contributed by atoms with van der Waals surface area (Å²) in [6.07, 6.45) is 5.32. The Morgan fingerprint density at radius 3 is 2.76 bits per heavy atom. The Morgan fingerprint density at radius 1 is 1.21 bits per heavy atom. The lowest BCUT2D eigenvalue weighted by atomic mass is 9.53. The molecule has 4 aliphatic heterocycles. The standard InChI is InChI=1S/C44H49N5O5S3Si/c1-6-47-30-12-11-24-17-27(30)28(36(47)26-9-7-13-45-35(26)38(53-5)32-21-56-32)18-43(3,4)22-54-41(51)31-10-8-14-48(49(31)55)42(52)44(19-33-46-29(24)20-57-33)34(39-40(44)58-39)37(50)25-15-23(2)16-25/h7,9,11-13,17,20,25,31-32,34,38-40,55H,2,6,8,10,14-16,18-19,21-22H2,1,3-5H3/t31-,32?,34?,38-,39?,40?,44+/m0/s1. The Kier molecular flexibility index (Phi) is 9.68. The van der Waals surface area contributed by atoms with E-state index in [2.05, 4.69) is 61.6 Å². The van der Waals surface area contributed by atoms with E-state index in [0.717, 1.165) is 62.0 Å². The van der Waals surface area contributed by atoms with Crippen molar-refractivity contribution in [1.29, 1.82) is 0 Å². The number of nitrogens with zero attached hydrogens (tertiary/aromatic N) is 5. The van der Waals surface area contributed by atoms with Crippen molar-refractivity contribution in [3.8, 4) is 22.5 Å². The number of aryl methyl sites for hydroxylation is 1. The number of hydrogen-bond donors (Lipinski definition) is 1.